The van der Waals surface area contributed by atoms with E-state index in [1.165, 1.54) is 0 Å². The highest BCUT2D eigenvalue weighted by atomic mass is 16.6. The van der Waals surface area contributed by atoms with E-state index in [4.69, 9.17) is 13.9 Å². The Morgan fingerprint density at radius 3 is 2.65 bits per heavy atom. The second-order valence-electron chi connectivity index (χ2n) is 5.26. The van der Waals surface area contributed by atoms with E-state index in [1.54, 1.807) is 18.4 Å². The highest BCUT2D eigenvalue weighted by molar-refractivity contribution is 5.70. The second-order valence-corrected chi connectivity index (χ2v) is 5.26. The van der Waals surface area contributed by atoms with Gasteiger partial charge in [0.25, 0.3) is 0 Å². The van der Waals surface area contributed by atoms with Gasteiger partial charge in [0.05, 0.1) is 25.5 Å². The molecule has 23 heavy (non-hydrogen) atoms. The molecule has 2 aromatic rings. The monoisotopic (exact) mass is 316 g/mol. The van der Waals surface area contributed by atoms with Crippen molar-refractivity contribution in [2.75, 3.05) is 32.8 Å². The lowest BCUT2D eigenvalue weighted by molar-refractivity contribution is 0.0120. The Balaban J connectivity index is 1.59. The highest BCUT2D eigenvalue weighted by Crippen LogP contribution is 2.21. The molecule has 1 fully saturated rings. The molecule has 1 atom stereocenters. The van der Waals surface area contributed by atoms with E-state index < -0.39 is 6.09 Å². The molecule has 122 valence electrons. The van der Waals surface area contributed by atoms with Crippen molar-refractivity contribution in [3.05, 3.63) is 54.5 Å². The molecule has 1 saturated heterocycles. The molecule has 1 unspecified atom stereocenters. The molecule has 0 saturated carbocycles. The summed E-state index contributed by atoms with van der Waals surface area (Å²) in [5.74, 6) is 1.35. The smallest absolute Gasteiger partial charge is 0.412 e. The summed E-state index contributed by atoms with van der Waals surface area (Å²) in [6.45, 7) is 3.40. The fourth-order valence-corrected chi connectivity index (χ4v) is 2.59. The average molecular weight is 316 g/mol. The Bertz CT molecular complexity index is 594. The molecule has 0 radical (unpaired) electrons. The molecule has 6 heteroatoms. The van der Waals surface area contributed by atoms with E-state index in [1.807, 2.05) is 30.3 Å². The van der Waals surface area contributed by atoms with Gasteiger partial charge in [-0.3, -0.25) is 4.90 Å². The number of nitrogens with zero attached hydrogens (tertiary/aromatic N) is 1. The van der Waals surface area contributed by atoms with Crippen molar-refractivity contribution >= 4 is 6.09 Å². The van der Waals surface area contributed by atoms with Crippen molar-refractivity contribution in [2.24, 2.45) is 0 Å². The van der Waals surface area contributed by atoms with Crippen molar-refractivity contribution in [3.8, 4) is 5.75 Å². The van der Waals surface area contributed by atoms with Gasteiger partial charge in [0, 0.05) is 19.6 Å². The zero-order valence-corrected chi connectivity index (χ0v) is 12.8. The number of carbonyl (C=O) groups is 1. The standard InChI is InChI=1S/C17H20N2O4/c20-17(23-14-5-2-1-3-6-14)18-13-15(16-7-4-10-22-16)19-8-11-21-12-9-19/h1-7,10,15H,8-9,11-13H2,(H,18,20). The van der Waals surface area contributed by atoms with Gasteiger partial charge >= 0.3 is 6.09 Å². The summed E-state index contributed by atoms with van der Waals surface area (Å²) >= 11 is 0. The second kappa shape index (κ2) is 7.80. The van der Waals surface area contributed by atoms with Crippen LogP contribution in [0.4, 0.5) is 4.79 Å². The van der Waals surface area contributed by atoms with E-state index in [0.29, 0.717) is 25.5 Å². The van der Waals surface area contributed by atoms with Crippen molar-refractivity contribution in [1.29, 1.82) is 0 Å². The van der Waals surface area contributed by atoms with E-state index in [9.17, 15) is 4.79 Å². The predicted molar refractivity (Wildman–Crippen MR) is 84.3 cm³/mol. The third-order valence-corrected chi connectivity index (χ3v) is 3.75. The first kappa shape index (κ1) is 15.6. The van der Waals surface area contributed by atoms with Crippen LogP contribution in [0.1, 0.15) is 11.8 Å². The van der Waals surface area contributed by atoms with Crippen LogP contribution in [0.5, 0.6) is 5.75 Å². The minimum atomic E-state index is -0.471. The number of carbonyl (C=O) groups excluding carboxylic acids is 1. The zero-order valence-electron chi connectivity index (χ0n) is 12.8. The summed E-state index contributed by atoms with van der Waals surface area (Å²) in [5.41, 5.74) is 0. The SMILES string of the molecule is O=C(NCC(c1ccco1)N1CCOCC1)Oc1ccccc1. The molecule has 2 heterocycles. The highest BCUT2D eigenvalue weighted by Gasteiger charge is 2.25. The Hall–Kier alpha value is -2.31. The van der Waals surface area contributed by atoms with Gasteiger partial charge in [-0.15, -0.1) is 0 Å². The first-order valence-corrected chi connectivity index (χ1v) is 7.69. The van der Waals surface area contributed by atoms with E-state index in [2.05, 4.69) is 10.2 Å². The van der Waals surface area contributed by atoms with Crippen molar-refractivity contribution < 1.29 is 18.7 Å². The molecular formula is C17H20N2O4. The number of amides is 1. The van der Waals surface area contributed by atoms with Crippen LogP contribution >= 0.6 is 0 Å². The summed E-state index contributed by atoms with van der Waals surface area (Å²) in [5, 5.41) is 2.81. The molecule has 1 aliphatic rings. The molecule has 1 aliphatic heterocycles. The van der Waals surface area contributed by atoms with Gasteiger partial charge in [-0.1, -0.05) is 18.2 Å². The quantitative estimate of drug-likeness (QED) is 0.918. The number of hydrogen-bond donors (Lipinski definition) is 1. The maximum Gasteiger partial charge on any atom is 0.412 e. The number of morpholine rings is 1. The van der Waals surface area contributed by atoms with E-state index in [0.717, 1.165) is 18.8 Å². The predicted octanol–water partition coefficient (Wildman–Crippen LogP) is 2.44. The summed E-state index contributed by atoms with van der Waals surface area (Å²) < 4.78 is 16.2. The molecular weight excluding hydrogens is 296 g/mol. The molecule has 6 nitrogen and oxygen atoms in total. The summed E-state index contributed by atoms with van der Waals surface area (Å²) in [4.78, 5) is 14.2. The number of hydrogen-bond acceptors (Lipinski definition) is 5. The first-order valence-electron chi connectivity index (χ1n) is 7.69. The van der Waals surface area contributed by atoms with Crippen molar-refractivity contribution in [1.82, 2.24) is 10.2 Å². The maximum atomic E-state index is 12.0. The van der Waals surface area contributed by atoms with Crippen LogP contribution in [0, 0.1) is 0 Å². The topological polar surface area (TPSA) is 63.9 Å². The average Bonchev–Trinajstić information content (AvgIpc) is 3.11. The molecule has 1 aromatic heterocycles. The number of rotatable bonds is 5. The minimum absolute atomic E-state index is 0.0303. The van der Waals surface area contributed by atoms with Crippen LogP contribution in [0.3, 0.4) is 0 Å². The molecule has 1 amide bonds. The van der Waals surface area contributed by atoms with Crippen LogP contribution in [0.25, 0.3) is 0 Å². The molecule has 0 bridgehead atoms. The van der Waals surface area contributed by atoms with Crippen LogP contribution in [-0.4, -0.2) is 43.8 Å². The first-order chi connectivity index (χ1) is 11.3. The van der Waals surface area contributed by atoms with Gasteiger partial charge in [0.15, 0.2) is 0 Å². The molecule has 0 aliphatic carbocycles. The molecule has 1 aromatic carbocycles. The summed E-state index contributed by atoms with van der Waals surface area (Å²) in [7, 11) is 0. The van der Waals surface area contributed by atoms with E-state index in [-0.39, 0.29) is 6.04 Å². The van der Waals surface area contributed by atoms with Gasteiger partial charge in [-0.05, 0) is 24.3 Å². The molecule has 3 rings (SSSR count). The normalized spacial score (nSPS) is 16.7. The number of benzene rings is 1. The molecule has 0 spiro atoms. The van der Waals surface area contributed by atoms with Crippen molar-refractivity contribution in [3.63, 3.8) is 0 Å². The van der Waals surface area contributed by atoms with Crippen LogP contribution in [-0.2, 0) is 4.74 Å². The lowest BCUT2D eigenvalue weighted by Crippen LogP contribution is -2.44. The van der Waals surface area contributed by atoms with Gasteiger partial charge in [-0.25, -0.2) is 4.79 Å². The van der Waals surface area contributed by atoms with Crippen LogP contribution in [0.15, 0.2) is 53.1 Å². The number of nitrogens with one attached hydrogen (secondary N) is 1. The van der Waals surface area contributed by atoms with Gasteiger partial charge in [-0.2, -0.15) is 0 Å². The Morgan fingerprint density at radius 1 is 1.17 bits per heavy atom. The maximum absolute atomic E-state index is 12.0. The Labute approximate surface area is 135 Å². The summed E-state index contributed by atoms with van der Waals surface area (Å²) in [6, 6.07) is 12.7. The van der Waals surface area contributed by atoms with Gasteiger partial charge < -0.3 is 19.2 Å². The van der Waals surface area contributed by atoms with E-state index >= 15 is 0 Å². The number of ether oxygens (including phenoxy) is 2. The van der Waals surface area contributed by atoms with Crippen molar-refractivity contribution in [2.45, 2.75) is 6.04 Å². The fraction of sp³-hybridized carbons (Fsp3) is 0.353. The molecule has 1 N–H and O–H groups in total. The number of para-hydroxylation sites is 1. The minimum Gasteiger partial charge on any atom is -0.468 e. The van der Waals surface area contributed by atoms with Crippen LogP contribution < -0.4 is 10.1 Å². The fourth-order valence-electron chi connectivity index (χ4n) is 2.59. The van der Waals surface area contributed by atoms with Gasteiger partial charge in [0.2, 0.25) is 0 Å². The lowest BCUT2D eigenvalue weighted by Gasteiger charge is -2.33. The largest absolute Gasteiger partial charge is 0.468 e. The third-order valence-electron chi connectivity index (χ3n) is 3.75. The van der Waals surface area contributed by atoms with Crippen LogP contribution in [0.2, 0.25) is 0 Å². The third kappa shape index (κ3) is 4.34. The lowest BCUT2D eigenvalue weighted by atomic mass is 10.1. The summed E-state index contributed by atoms with van der Waals surface area (Å²) in [6.07, 6.45) is 1.17. The number of furan rings is 1. The Morgan fingerprint density at radius 2 is 1.96 bits per heavy atom. The van der Waals surface area contributed by atoms with Gasteiger partial charge in [0.1, 0.15) is 11.5 Å². The zero-order chi connectivity index (χ0) is 15.9. The Kier molecular flexibility index (Phi) is 5.29.